The Morgan fingerprint density at radius 1 is 1.19 bits per heavy atom. The Labute approximate surface area is 179 Å². The summed E-state index contributed by atoms with van der Waals surface area (Å²) in [6, 6.07) is 17.2. The maximum absolute atomic E-state index is 14.1. The fourth-order valence-electron chi connectivity index (χ4n) is 3.69. The summed E-state index contributed by atoms with van der Waals surface area (Å²) in [5.41, 5.74) is 7.61. The van der Waals surface area contributed by atoms with E-state index in [9.17, 15) is 9.18 Å². The Hall–Kier alpha value is -3.99. The van der Waals surface area contributed by atoms with Crippen molar-refractivity contribution < 1.29 is 9.18 Å². The highest BCUT2D eigenvalue weighted by Crippen LogP contribution is 2.28. The summed E-state index contributed by atoms with van der Waals surface area (Å²) in [5, 5.41) is 11.9. The Kier molecular flexibility index (Phi) is 5.76. The minimum atomic E-state index is -0.616. The molecule has 0 spiro atoms. The van der Waals surface area contributed by atoms with Gasteiger partial charge in [0.1, 0.15) is 17.7 Å². The van der Waals surface area contributed by atoms with Crippen molar-refractivity contribution in [1.82, 2.24) is 9.97 Å². The summed E-state index contributed by atoms with van der Waals surface area (Å²) >= 11 is 0. The Morgan fingerprint density at radius 2 is 2.00 bits per heavy atom. The lowest BCUT2D eigenvalue weighted by atomic mass is 9.97. The second-order valence-electron chi connectivity index (χ2n) is 7.42. The zero-order valence-electron chi connectivity index (χ0n) is 16.8. The fourth-order valence-corrected chi connectivity index (χ4v) is 3.69. The largest absolute Gasteiger partial charge is 0.368 e. The Morgan fingerprint density at radius 3 is 2.74 bits per heavy atom. The van der Waals surface area contributed by atoms with Gasteiger partial charge in [0.05, 0.1) is 17.2 Å². The number of amides is 1. The average molecular weight is 416 g/mol. The summed E-state index contributed by atoms with van der Waals surface area (Å²) in [7, 11) is 0. The van der Waals surface area contributed by atoms with Crippen LogP contribution in [0.3, 0.4) is 0 Å². The molecule has 1 fully saturated rings. The van der Waals surface area contributed by atoms with Gasteiger partial charge in [0, 0.05) is 30.4 Å². The van der Waals surface area contributed by atoms with Gasteiger partial charge in [0.15, 0.2) is 0 Å². The van der Waals surface area contributed by atoms with E-state index in [1.807, 2.05) is 35.2 Å². The number of carbonyl (C=O) groups excluding carboxylic acids is 1. The van der Waals surface area contributed by atoms with Gasteiger partial charge in [-0.15, -0.1) is 0 Å². The molecule has 0 aliphatic carbocycles. The van der Waals surface area contributed by atoms with Crippen LogP contribution in [0.25, 0.3) is 11.3 Å². The summed E-state index contributed by atoms with van der Waals surface area (Å²) < 4.78 is 14.1. The molecular formula is C23H21FN6O. The van der Waals surface area contributed by atoms with E-state index < -0.39 is 5.82 Å². The third kappa shape index (κ3) is 4.61. The van der Waals surface area contributed by atoms with Gasteiger partial charge in [-0.1, -0.05) is 24.3 Å². The minimum Gasteiger partial charge on any atom is -0.368 e. The number of aromatic nitrogens is 2. The molecule has 1 aliphatic heterocycles. The summed E-state index contributed by atoms with van der Waals surface area (Å²) in [4.78, 5) is 23.3. The monoisotopic (exact) mass is 416 g/mol. The molecule has 31 heavy (non-hydrogen) atoms. The quantitative estimate of drug-likeness (QED) is 0.673. The lowest BCUT2D eigenvalue weighted by Crippen LogP contribution is -2.41. The molecule has 0 unspecified atom stereocenters. The van der Waals surface area contributed by atoms with Crippen LogP contribution in [0, 0.1) is 23.1 Å². The topological polar surface area (TPSA) is 108 Å². The number of nitriles is 1. The van der Waals surface area contributed by atoms with E-state index >= 15 is 0 Å². The van der Waals surface area contributed by atoms with Gasteiger partial charge in [-0.3, -0.25) is 4.79 Å². The van der Waals surface area contributed by atoms with Gasteiger partial charge in [-0.05, 0) is 37.1 Å². The molecule has 2 heterocycles. The number of piperidine rings is 1. The van der Waals surface area contributed by atoms with Crippen molar-refractivity contribution in [2.24, 2.45) is 5.92 Å². The summed E-state index contributed by atoms with van der Waals surface area (Å²) in [6.07, 6.45) is 1.61. The van der Waals surface area contributed by atoms with E-state index in [-0.39, 0.29) is 23.3 Å². The molecule has 1 atom stereocenters. The van der Waals surface area contributed by atoms with Crippen LogP contribution in [-0.2, 0) is 4.79 Å². The molecular weight excluding hydrogens is 395 g/mol. The van der Waals surface area contributed by atoms with Gasteiger partial charge in [-0.2, -0.15) is 10.2 Å². The van der Waals surface area contributed by atoms with Crippen LogP contribution in [-0.4, -0.2) is 29.0 Å². The third-order valence-corrected chi connectivity index (χ3v) is 5.27. The second kappa shape index (κ2) is 8.79. The molecule has 8 heteroatoms. The fraction of sp³-hybridized carbons (Fsp3) is 0.217. The number of para-hydroxylation sites is 1. The number of rotatable bonds is 4. The molecule has 4 rings (SSSR count). The molecule has 3 N–H and O–H groups in total. The first kappa shape index (κ1) is 20.3. The lowest BCUT2D eigenvalue weighted by Gasteiger charge is -2.33. The molecule has 1 saturated heterocycles. The van der Waals surface area contributed by atoms with Crippen LogP contribution in [0.2, 0.25) is 0 Å². The average Bonchev–Trinajstić information content (AvgIpc) is 2.79. The van der Waals surface area contributed by atoms with Crippen LogP contribution in [0.15, 0.2) is 54.6 Å². The van der Waals surface area contributed by atoms with E-state index in [1.165, 1.54) is 12.1 Å². The van der Waals surface area contributed by atoms with Crippen molar-refractivity contribution in [2.75, 3.05) is 29.0 Å². The highest BCUT2D eigenvalue weighted by Gasteiger charge is 2.27. The van der Waals surface area contributed by atoms with Gasteiger partial charge >= 0.3 is 0 Å². The van der Waals surface area contributed by atoms with Crippen molar-refractivity contribution in [3.8, 4) is 17.3 Å². The molecule has 0 bridgehead atoms. The molecule has 2 aromatic carbocycles. The number of benzene rings is 2. The minimum absolute atomic E-state index is 0.0331. The summed E-state index contributed by atoms with van der Waals surface area (Å²) in [5.74, 6) is -0.194. The normalized spacial score (nSPS) is 15.9. The van der Waals surface area contributed by atoms with Crippen molar-refractivity contribution in [1.29, 1.82) is 5.26 Å². The molecule has 0 saturated carbocycles. The number of hydrogen-bond acceptors (Lipinski definition) is 6. The SMILES string of the molecule is N#Cc1ccc(-c2cc(N3CCC[C@@H](C(=O)Nc4ccccc4)C3)nc(N)n2)cc1F. The molecule has 156 valence electrons. The van der Waals surface area contributed by atoms with E-state index in [2.05, 4.69) is 15.3 Å². The number of nitrogens with one attached hydrogen (secondary N) is 1. The first-order chi connectivity index (χ1) is 15.0. The molecule has 3 aromatic rings. The molecule has 1 aromatic heterocycles. The number of nitrogen functional groups attached to an aromatic ring is 1. The highest BCUT2D eigenvalue weighted by atomic mass is 19.1. The number of nitrogens with zero attached hydrogens (tertiary/aromatic N) is 4. The van der Waals surface area contributed by atoms with Crippen molar-refractivity contribution in [3.63, 3.8) is 0 Å². The maximum atomic E-state index is 14.1. The predicted octanol–water partition coefficient (Wildman–Crippen LogP) is 3.59. The number of nitrogens with two attached hydrogens (primary N) is 1. The number of halogens is 1. The Balaban J connectivity index is 1.54. The van der Waals surface area contributed by atoms with Crippen LogP contribution < -0.4 is 16.0 Å². The van der Waals surface area contributed by atoms with Crippen LogP contribution in [0.4, 0.5) is 21.8 Å². The standard InChI is InChI=1S/C23H21FN6O/c24-19-11-15(8-9-16(19)13-25)20-12-21(29-23(26)28-20)30-10-4-5-17(14-30)22(31)27-18-6-2-1-3-7-18/h1-3,6-9,11-12,17H,4-5,10,14H2,(H,27,31)(H2,26,28,29)/t17-/m1/s1. The highest BCUT2D eigenvalue weighted by molar-refractivity contribution is 5.93. The van der Waals surface area contributed by atoms with Crippen LogP contribution >= 0.6 is 0 Å². The molecule has 1 aliphatic rings. The van der Waals surface area contributed by atoms with Crippen molar-refractivity contribution in [2.45, 2.75) is 12.8 Å². The van der Waals surface area contributed by atoms with Gasteiger partial charge < -0.3 is 16.0 Å². The van der Waals surface area contributed by atoms with Gasteiger partial charge in [0.25, 0.3) is 0 Å². The molecule has 0 radical (unpaired) electrons. The van der Waals surface area contributed by atoms with Crippen LogP contribution in [0.5, 0.6) is 0 Å². The van der Waals surface area contributed by atoms with E-state index in [0.29, 0.717) is 23.6 Å². The van der Waals surface area contributed by atoms with Crippen LogP contribution in [0.1, 0.15) is 18.4 Å². The maximum Gasteiger partial charge on any atom is 0.229 e. The first-order valence-electron chi connectivity index (χ1n) is 9.99. The van der Waals surface area contributed by atoms with Gasteiger partial charge in [0.2, 0.25) is 11.9 Å². The van der Waals surface area contributed by atoms with Gasteiger partial charge in [-0.25, -0.2) is 9.37 Å². The second-order valence-corrected chi connectivity index (χ2v) is 7.42. The third-order valence-electron chi connectivity index (χ3n) is 5.27. The molecule has 1 amide bonds. The zero-order chi connectivity index (χ0) is 21.8. The first-order valence-corrected chi connectivity index (χ1v) is 9.99. The van der Waals surface area contributed by atoms with E-state index in [0.717, 1.165) is 25.1 Å². The van der Waals surface area contributed by atoms with E-state index in [1.54, 1.807) is 18.2 Å². The number of hydrogen-bond donors (Lipinski definition) is 2. The van der Waals surface area contributed by atoms with Crippen molar-refractivity contribution >= 4 is 23.4 Å². The predicted molar refractivity (Wildman–Crippen MR) is 117 cm³/mol. The lowest BCUT2D eigenvalue weighted by molar-refractivity contribution is -0.120. The number of anilines is 3. The zero-order valence-corrected chi connectivity index (χ0v) is 16.8. The summed E-state index contributed by atoms with van der Waals surface area (Å²) in [6.45, 7) is 1.23. The smallest absolute Gasteiger partial charge is 0.229 e. The van der Waals surface area contributed by atoms with E-state index in [4.69, 9.17) is 11.0 Å². The Bertz CT molecular complexity index is 1140. The number of carbonyl (C=O) groups is 1. The van der Waals surface area contributed by atoms with Crippen molar-refractivity contribution in [3.05, 3.63) is 66.0 Å². The molecule has 7 nitrogen and oxygen atoms in total.